The Kier molecular flexibility index (Phi) is 3.90. The highest BCUT2D eigenvalue weighted by Gasteiger charge is 2.35. The number of thiophene rings is 1. The summed E-state index contributed by atoms with van der Waals surface area (Å²) < 4.78 is 5.33. The quantitative estimate of drug-likeness (QED) is 0.812. The van der Waals surface area contributed by atoms with Crippen molar-refractivity contribution in [3.8, 4) is 5.75 Å². The first-order valence-electron chi connectivity index (χ1n) is 6.48. The van der Waals surface area contributed by atoms with Crippen LogP contribution in [0.2, 0.25) is 0 Å². The Morgan fingerprint density at radius 1 is 1.29 bits per heavy atom. The van der Waals surface area contributed by atoms with Crippen molar-refractivity contribution in [2.24, 2.45) is 0 Å². The maximum absolute atomic E-state index is 12.3. The van der Waals surface area contributed by atoms with Gasteiger partial charge in [-0.1, -0.05) is 18.2 Å². The fourth-order valence-electron chi connectivity index (χ4n) is 2.32. The van der Waals surface area contributed by atoms with Crippen molar-refractivity contribution < 1.29 is 9.53 Å². The molecule has 0 aliphatic carbocycles. The van der Waals surface area contributed by atoms with Crippen molar-refractivity contribution in [2.45, 2.75) is 6.54 Å². The molecule has 0 atom stereocenters. The number of anilines is 1. The summed E-state index contributed by atoms with van der Waals surface area (Å²) in [7, 11) is 1.59. The van der Waals surface area contributed by atoms with E-state index >= 15 is 0 Å². The summed E-state index contributed by atoms with van der Waals surface area (Å²) in [5.41, 5.74) is 0.698. The van der Waals surface area contributed by atoms with E-state index in [0.29, 0.717) is 29.6 Å². The van der Waals surface area contributed by atoms with Gasteiger partial charge in [0, 0.05) is 4.88 Å². The molecule has 0 saturated carbocycles. The number of para-hydroxylation sites is 2. The van der Waals surface area contributed by atoms with Gasteiger partial charge in [0.25, 0.3) is 5.91 Å². The standard InChI is InChI=1S/C15H14N2O2S2/c1-19-13-7-3-2-6-12(13)17-14(18)10-16(15(17)20)9-11-5-4-8-21-11/h2-8H,9-10H2,1H3. The molecule has 1 aliphatic heterocycles. The number of hydrogen-bond acceptors (Lipinski definition) is 4. The molecule has 4 nitrogen and oxygen atoms in total. The van der Waals surface area contributed by atoms with E-state index in [9.17, 15) is 4.79 Å². The third kappa shape index (κ3) is 2.64. The van der Waals surface area contributed by atoms with Gasteiger partial charge in [-0.2, -0.15) is 0 Å². The van der Waals surface area contributed by atoms with Crippen LogP contribution in [-0.4, -0.2) is 29.6 Å². The number of carbonyl (C=O) groups excluding carboxylic acids is 1. The van der Waals surface area contributed by atoms with Crippen LogP contribution in [0.3, 0.4) is 0 Å². The highest BCUT2D eigenvalue weighted by molar-refractivity contribution is 7.80. The van der Waals surface area contributed by atoms with E-state index in [2.05, 4.69) is 0 Å². The second-order valence-corrected chi connectivity index (χ2v) is 6.02. The molecule has 2 aromatic rings. The number of benzene rings is 1. The van der Waals surface area contributed by atoms with Crippen molar-refractivity contribution in [1.29, 1.82) is 0 Å². The monoisotopic (exact) mass is 318 g/mol. The topological polar surface area (TPSA) is 32.8 Å². The van der Waals surface area contributed by atoms with Crippen LogP contribution in [-0.2, 0) is 11.3 Å². The van der Waals surface area contributed by atoms with Crippen LogP contribution >= 0.6 is 23.6 Å². The maximum atomic E-state index is 12.3. The van der Waals surface area contributed by atoms with Crippen LogP contribution in [0.1, 0.15) is 4.88 Å². The van der Waals surface area contributed by atoms with E-state index in [4.69, 9.17) is 17.0 Å². The molecule has 3 rings (SSSR count). The molecule has 1 aromatic carbocycles. The Bertz CT molecular complexity index is 670. The van der Waals surface area contributed by atoms with Crippen LogP contribution in [0.15, 0.2) is 41.8 Å². The Balaban J connectivity index is 1.87. The van der Waals surface area contributed by atoms with Gasteiger partial charge in [-0.15, -0.1) is 11.3 Å². The highest BCUT2D eigenvalue weighted by atomic mass is 32.1. The summed E-state index contributed by atoms with van der Waals surface area (Å²) >= 11 is 7.14. The van der Waals surface area contributed by atoms with Crippen LogP contribution in [0, 0.1) is 0 Å². The molecule has 2 heterocycles. The Morgan fingerprint density at radius 2 is 2.10 bits per heavy atom. The summed E-state index contributed by atoms with van der Waals surface area (Å²) in [6, 6.07) is 11.5. The van der Waals surface area contributed by atoms with Gasteiger partial charge in [0.05, 0.1) is 19.3 Å². The van der Waals surface area contributed by atoms with Gasteiger partial charge in [0.15, 0.2) is 5.11 Å². The number of thiocarbonyl (C=S) groups is 1. The molecule has 1 fully saturated rings. The third-order valence-electron chi connectivity index (χ3n) is 3.29. The minimum atomic E-state index is -0.0268. The summed E-state index contributed by atoms with van der Waals surface area (Å²) in [6.45, 7) is 0.961. The van der Waals surface area contributed by atoms with Crippen molar-refractivity contribution >= 4 is 40.3 Å². The van der Waals surface area contributed by atoms with E-state index in [1.54, 1.807) is 23.3 Å². The van der Waals surface area contributed by atoms with Crippen molar-refractivity contribution in [1.82, 2.24) is 4.90 Å². The molecule has 1 saturated heterocycles. The van der Waals surface area contributed by atoms with Gasteiger partial charge in [0.2, 0.25) is 0 Å². The molecule has 6 heteroatoms. The summed E-state index contributed by atoms with van der Waals surface area (Å²) in [5.74, 6) is 0.618. The lowest BCUT2D eigenvalue weighted by Gasteiger charge is -2.21. The SMILES string of the molecule is COc1ccccc1N1C(=O)CN(Cc2cccs2)C1=S. The molecule has 21 heavy (non-hydrogen) atoms. The van der Waals surface area contributed by atoms with Gasteiger partial charge in [0.1, 0.15) is 12.3 Å². The fraction of sp³-hybridized carbons (Fsp3) is 0.200. The number of ether oxygens (including phenoxy) is 1. The van der Waals surface area contributed by atoms with Crippen molar-refractivity contribution in [3.05, 3.63) is 46.7 Å². The molecule has 0 bridgehead atoms. The van der Waals surface area contributed by atoms with Gasteiger partial charge in [-0.3, -0.25) is 9.69 Å². The van der Waals surface area contributed by atoms with E-state index in [-0.39, 0.29) is 5.91 Å². The molecule has 0 radical (unpaired) electrons. The maximum Gasteiger partial charge on any atom is 0.253 e. The molecule has 108 valence electrons. The molecule has 0 spiro atoms. The molecule has 1 amide bonds. The summed E-state index contributed by atoms with van der Waals surface area (Å²) in [4.78, 5) is 17.0. The van der Waals surface area contributed by atoms with Gasteiger partial charge in [-0.05, 0) is 35.8 Å². The lowest BCUT2D eigenvalue weighted by molar-refractivity contribution is -0.116. The summed E-state index contributed by atoms with van der Waals surface area (Å²) in [6.07, 6.45) is 0. The molecular formula is C15H14N2O2S2. The lowest BCUT2D eigenvalue weighted by atomic mass is 10.2. The smallest absolute Gasteiger partial charge is 0.253 e. The van der Waals surface area contributed by atoms with Crippen LogP contribution in [0.5, 0.6) is 5.75 Å². The molecule has 1 aliphatic rings. The van der Waals surface area contributed by atoms with E-state index in [1.165, 1.54) is 4.88 Å². The second-order valence-electron chi connectivity index (χ2n) is 4.62. The minimum Gasteiger partial charge on any atom is -0.495 e. The fourth-order valence-corrected chi connectivity index (χ4v) is 3.36. The molecule has 1 aromatic heterocycles. The predicted molar refractivity (Wildman–Crippen MR) is 87.8 cm³/mol. The first-order chi connectivity index (χ1) is 10.2. The minimum absolute atomic E-state index is 0.0268. The van der Waals surface area contributed by atoms with Crippen LogP contribution in [0.4, 0.5) is 5.69 Å². The zero-order chi connectivity index (χ0) is 14.8. The average Bonchev–Trinajstić information content (AvgIpc) is 3.09. The van der Waals surface area contributed by atoms with Crippen molar-refractivity contribution in [2.75, 3.05) is 18.6 Å². The number of nitrogens with zero attached hydrogens (tertiary/aromatic N) is 2. The highest BCUT2D eigenvalue weighted by Crippen LogP contribution is 2.31. The van der Waals surface area contributed by atoms with E-state index in [0.717, 1.165) is 0 Å². The zero-order valence-electron chi connectivity index (χ0n) is 11.5. The molecule has 0 N–H and O–H groups in total. The number of hydrogen-bond donors (Lipinski definition) is 0. The first-order valence-corrected chi connectivity index (χ1v) is 7.77. The first kappa shape index (κ1) is 14.0. The Labute approximate surface area is 132 Å². The van der Waals surface area contributed by atoms with Gasteiger partial charge < -0.3 is 9.64 Å². The molecule has 0 unspecified atom stereocenters. The Hall–Kier alpha value is -1.92. The largest absolute Gasteiger partial charge is 0.495 e. The third-order valence-corrected chi connectivity index (χ3v) is 4.59. The summed E-state index contributed by atoms with van der Waals surface area (Å²) in [5, 5.41) is 2.55. The number of rotatable bonds is 4. The Morgan fingerprint density at radius 3 is 2.81 bits per heavy atom. The van der Waals surface area contributed by atoms with Gasteiger partial charge in [-0.25, -0.2) is 0 Å². The van der Waals surface area contributed by atoms with E-state index in [1.807, 2.05) is 46.7 Å². The van der Waals surface area contributed by atoms with Crippen molar-refractivity contribution in [3.63, 3.8) is 0 Å². The number of amides is 1. The van der Waals surface area contributed by atoms with E-state index < -0.39 is 0 Å². The number of methoxy groups -OCH3 is 1. The van der Waals surface area contributed by atoms with Crippen LogP contribution in [0.25, 0.3) is 0 Å². The van der Waals surface area contributed by atoms with Crippen LogP contribution < -0.4 is 9.64 Å². The van der Waals surface area contributed by atoms with Gasteiger partial charge >= 0.3 is 0 Å². The second kappa shape index (κ2) is 5.83. The normalized spacial score (nSPS) is 14.9. The predicted octanol–water partition coefficient (Wildman–Crippen LogP) is 2.89. The zero-order valence-corrected chi connectivity index (χ0v) is 13.1. The number of carbonyl (C=O) groups is 1. The average molecular weight is 318 g/mol. The molecular weight excluding hydrogens is 304 g/mol. The lowest BCUT2D eigenvalue weighted by Crippen LogP contribution is -2.32.